The van der Waals surface area contributed by atoms with Gasteiger partial charge in [-0.1, -0.05) is 75.4 Å². The highest BCUT2D eigenvalue weighted by molar-refractivity contribution is 5.87. The third-order valence-corrected chi connectivity index (χ3v) is 5.57. The Balaban J connectivity index is 2.10. The molecule has 2 rings (SSSR count). The highest BCUT2D eigenvalue weighted by Gasteiger charge is 2.28. The molecule has 0 saturated heterocycles. The van der Waals surface area contributed by atoms with Gasteiger partial charge in [0.15, 0.2) is 0 Å². The quantitative estimate of drug-likeness (QED) is 0.547. The van der Waals surface area contributed by atoms with E-state index in [1.807, 2.05) is 39.0 Å². The highest BCUT2D eigenvalue weighted by atomic mass is 16.2. The summed E-state index contributed by atoms with van der Waals surface area (Å²) in [4.78, 5) is 27.8. The van der Waals surface area contributed by atoms with E-state index in [0.717, 1.165) is 12.0 Å². The molecule has 168 valence electrons. The lowest BCUT2D eigenvalue weighted by atomic mass is 10.00. The van der Waals surface area contributed by atoms with E-state index in [1.54, 1.807) is 4.90 Å². The normalized spacial score (nSPS) is 12.1. The van der Waals surface area contributed by atoms with Gasteiger partial charge in [0.1, 0.15) is 6.04 Å². The number of amides is 2. The zero-order valence-electron chi connectivity index (χ0n) is 19.7. The second-order valence-corrected chi connectivity index (χ2v) is 8.81. The maximum absolute atomic E-state index is 13.2. The summed E-state index contributed by atoms with van der Waals surface area (Å²) in [6, 6.07) is 18.2. The summed E-state index contributed by atoms with van der Waals surface area (Å²) in [7, 11) is 0. The molecule has 0 spiro atoms. The van der Waals surface area contributed by atoms with Gasteiger partial charge in [-0.05, 0) is 55.7 Å². The van der Waals surface area contributed by atoms with Crippen LogP contribution >= 0.6 is 0 Å². The van der Waals surface area contributed by atoms with E-state index in [-0.39, 0.29) is 17.9 Å². The van der Waals surface area contributed by atoms with E-state index in [9.17, 15) is 9.59 Å². The Morgan fingerprint density at radius 2 is 1.48 bits per heavy atom. The molecule has 2 aromatic carbocycles. The number of hydrogen-bond donors (Lipinski definition) is 1. The standard InChI is InChI=1S/C27H38N2O2/c1-6-25(27(31)28-21(4)5)29(19-18-22-10-8-7-9-11-22)26(30)17-14-23-12-15-24(16-13-23)20(2)3/h7-13,15-16,20-21,25H,6,14,17-19H2,1-5H3,(H,28,31)/t25-/m0/s1. The molecule has 0 aliphatic rings. The minimum absolute atomic E-state index is 0.0367. The molecule has 4 heteroatoms. The first kappa shape index (κ1) is 24.6. The second-order valence-electron chi connectivity index (χ2n) is 8.81. The average molecular weight is 423 g/mol. The third-order valence-electron chi connectivity index (χ3n) is 5.57. The SMILES string of the molecule is CC[C@@H](C(=O)NC(C)C)N(CCc1ccccc1)C(=O)CCc1ccc(C(C)C)cc1. The van der Waals surface area contributed by atoms with Crippen molar-refractivity contribution < 1.29 is 9.59 Å². The lowest BCUT2D eigenvalue weighted by Crippen LogP contribution is -2.51. The Morgan fingerprint density at radius 3 is 2.03 bits per heavy atom. The van der Waals surface area contributed by atoms with Crippen LogP contribution in [0, 0.1) is 0 Å². The smallest absolute Gasteiger partial charge is 0.242 e. The molecule has 0 aliphatic heterocycles. The van der Waals surface area contributed by atoms with Crippen LogP contribution in [-0.4, -0.2) is 35.3 Å². The fourth-order valence-electron chi connectivity index (χ4n) is 3.74. The number of nitrogens with zero attached hydrogens (tertiary/aromatic N) is 1. The van der Waals surface area contributed by atoms with Crippen LogP contribution in [-0.2, 0) is 22.4 Å². The van der Waals surface area contributed by atoms with E-state index in [1.165, 1.54) is 11.1 Å². The topological polar surface area (TPSA) is 49.4 Å². The first-order valence-corrected chi connectivity index (χ1v) is 11.5. The Kier molecular flexibility index (Phi) is 9.77. The first-order chi connectivity index (χ1) is 14.8. The lowest BCUT2D eigenvalue weighted by molar-refractivity contribution is -0.140. The number of benzene rings is 2. The van der Waals surface area contributed by atoms with Gasteiger partial charge in [-0.3, -0.25) is 9.59 Å². The first-order valence-electron chi connectivity index (χ1n) is 11.5. The number of carbonyl (C=O) groups is 2. The van der Waals surface area contributed by atoms with Crippen LogP contribution in [0.15, 0.2) is 54.6 Å². The van der Waals surface area contributed by atoms with E-state index in [0.29, 0.717) is 31.7 Å². The number of aryl methyl sites for hydroxylation is 1. The molecule has 2 aromatic rings. The van der Waals surface area contributed by atoms with Crippen molar-refractivity contribution in [3.8, 4) is 0 Å². The molecule has 0 bridgehead atoms. The Bertz CT molecular complexity index is 813. The lowest BCUT2D eigenvalue weighted by Gasteiger charge is -2.31. The molecule has 0 aliphatic carbocycles. The molecular formula is C27H38N2O2. The van der Waals surface area contributed by atoms with Gasteiger partial charge in [-0.2, -0.15) is 0 Å². The van der Waals surface area contributed by atoms with Crippen molar-refractivity contribution in [1.29, 1.82) is 0 Å². The fourth-order valence-corrected chi connectivity index (χ4v) is 3.74. The van der Waals surface area contributed by atoms with Gasteiger partial charge in [-0.25, -0.2) is 0 Å². The number of carbonyl (C=O) groups excluding carboxylic acids is 2. The Morgan fingerprint density at radius 1 is 0.871 bits per heavy atom. The van der Waals surface area contributed by atoms with Crippen molar-refractivity contribution in [1.82, 2.24) is 10.2 Å². The van der Waals surface area contributed by atoms with Gasteiger partial charge in [-0.15, -0.1) is 0 Å². The van der Waals surface area contributed by atoms with E-state index < -0.39 is 6.04 Å². The van der Waals surface area contributed by atoms with Crippen molar-refractivity contribution in [3.63, 3.8) is 0 Å². The largest absolute Gasteiger partial charge is 0.352 e. The molecule has 0 unspecified atom stereocenters. The summed E-state index contributed by atoms with van der Waals surface area (Å²) in [6.07, 6.45) is 2.42. The van der Waals surface area contributed by atoms with Gasteiger partial charge < -0.3 is 10.2 Å². The predicted molar refractivity (Wildman–Crippen MR) is 128 cm³/mol. The maximum Gasteiger partial charge on any atom is 0.242 e. The summed E-state index contributed by atoms with van der Waals surface area (Å²) in [6.45, 7) is 10.8. The molecule has 0 radical (unpaired) electrons. The van der Waals surface area contributed by atoms with Gasteiger partial charge in [0.2, 0.25) is 11.8 Å². The number of nitrogens with one attached hydrogen (secondary N) is 1. The second kappa shape index (κ2) is 12.3. The molecule has 4 nitrogen and oxygen atoms in total. The van der Waals surface area contributed by atoms with Gasteiger partial charge in [0.25, 0.3) is 0 Å². The van der Waals surface area contributed by atoms with Crippen LogP contribution < -0.4 is 5.32 Å². The van der Waals surface area contributed by atoms with Crippen molar-refractivity contribution >= 4 is 11.8 Å². The minimum Gasteiger partial charge on any atom is -0.352 e. The van der Waals surface area contributed by atoms with Crippen molar-refractivity contribution in [2.45, 2.75) is 78.3 Å². The van der Waals surface area contributed by atoms with E-state index in [2.05, 4.69) is 55.6 Å². The zero-order chi connectivity index (χ0) is 22.8. The maximum atomic E-state index is 13.2. The monoisotopic (exact) mass is 422 g/mol. The van der Waals surface area contributed by atoms with Gasteiger partial charge >= 0.3 is 0 Å². The Labute approximate surface area is 188 Å². The van der Waals surface area contributed by atoms with Crippen molar-refractivity contribution in [2.75, 3.05) is 6.54 Å². The summed E-state index contributed by atoms with van der Waals surface area (Å²) < 4.78 is 0. The molecule has 0 saturated carbocycles. The van der Waals surface area contributed by atoms with Crippen LogP contribution in [0.3, 0.4) is 0 Å². The number of hydrogen-bond acceptors (Lipinski definition) is 2. The Hall–Kier alpha value is -2.62. The summed E-state index contributed by atoms with van der Waals surface area (Å²) in [5, 5.41) is 2.99. The summed E-state index contributed by atoms with van der Waals surface area (Å²) in [5.41, 5.74) is 3.63. The predicted octanol–water partition coefficient (Wildman–Crippen LogP) is 5.12. The molecule has 0 aromatic heterocycles. The van der Waals surface area contributed by atoms with Crippen LogP contribution in [0.2, 0.25) is 0 Å². The molecule has 0 heterocycles. The molecule has 1 N–H and O–H groups in total. The van der Waals surface area contributed by atoms with Gasteiger partial charge in [0, 0.05) is 19.0 Å². The molecular weight excluding hydrogens is 384 g/mol. The molecule has 31 heavy (non-hydrogen) atoms. The van der Waals surface area contributed by atoms with Crippen LogP contribution in [0.1, 0.15) is 70.1 Å². The van der Waals surface area contributed by atoms with Gasteiger partial charge in [0.05, 0.1) is 0 Å². The van der Waals surface area contributed by atoms with Crippen molar-refractivity contribution in [2.24, 2.45) is 0 Å². The van der Waals surface area contributed by atoms with Crippen LogP contribution in [0.4, 0.5) is 0 Å². The number of rotatable bonds is 11. The van der Waals surface area contributed by atoms with Crippen molar-refractivity contribution in [3.05, 3.63) is 71.3 Å². The zero-order valence-corrected chi connectivity index (χ0v) is 19.7. The summed E-state index contributed by atoms with van der Waals surface area (Å²) in [5.74, 6) is 0.462. The minimum atomic E-state index is -0.443. The fraction of sp³-hybridized carbons (Fsp3) is 0.481. The average Bonchev–Trinajstić information content (AvgIpc) is 2.75. The molecule has 1 atom stereocenters. The third kappa shape index (κ3) is 7.86. The summed E-state index contributed by atoms with van der Waals surface area (Å²) >= 11 is 0. The van der Waals surface area contributed by atoms with E-state index in [4.69, 9.17) is 0 Å². The highest BCUT2D eigenvalue weighted by Crippen LogP contribution is 2.17. The molecule has 0 fully saturated rings. The molecule has 2 amide bonds. The van der Waals surface area contributed by atoms with E-state index >= 15 is 0 Å². The van der Waals surface area contributed by atoms with Crippen LogP contribution in [0.25, 0.3) is 0 Å². The van der Waals surface area contributed by atoms with Crippen LogP contribution in [0.5, 0.6) is 0 Å².